The number of carbonyl (C=O) groups is 3. The van der Waals surface area contributed by atoms with Crippen molar-refractivity contribution >= 4 is 17.7 Å². The summed E-state index contributed by atoms with van der Waals surface area (Å²) in [6, 6.07) is 10.1. The summed E-state index contributed by atoms with van der Waals surface area (Å²) in [4.78, 5) is 39.8. The first-order chi connectivity index (χ1) is 17.8. The monoisotopic (exact) mass is 508 g/mol. The molecule has 1 aromatic heterocycles. The quantitative estimate of drug-likeness (QED) is 0.376. The zero-order valence-corrected chi connectivity index (χ0v) is 20.4. The van der Waals surface area contributed by atoms with Crippen LogP contribution in [-0.4, -0.2) is 48.1 Å². The molecule has 4 aliphatic rings. The molecule has 9 nitrogen and oxygen atoms in total. The van der Waals surface area contributed by atoms with E-state index in [4.69, 9.17) is 23.4 Å². The standard InChI is InChI=1S/C28H28O9/c1-16-10-12-27-20(8-9-21(29)28(27,32)23(31)33-2)26(16)14-19(18-11-13-34-15-18)35-24(26)37-25(27)36-22(30)17-6-4-3-5-7-17/h3-7,11,13,15,19-20,24-25,32H,1,8-10,12,14H2,2H3/t19-,20+,24+,25-,26+,27+,28+/m0/s1. The maximum Gasteiger partial charge on any atom is 0.346 e. The number of benzene rings is 1. The molecule has 3 heterocycles. The van der Waals surface area contributed by atoms with Crippen LogP contribution in [0.3, 0.4) is 0 Å². The Labute approximate surface area is 213 Å². The van der Waals surface area contributed by atoms with E-state index in [2.05, 4.69) is 6.58 Å². The zero-order valence-electron chi connectivity index (χ0n) is 20.4. The van der Waals surface area contributed by atoms with Crippen molar-refractivity contribution in [3.63, 3.8) is 0 Å². The molecule has 37 heavy (non-hydrogen) atoms. The molecule has 2 saturated heterocycles. The summed E-state index contributed by atoms with van der Waals surface area (Å²) < 4.78 is 28.9. The molecule has 0 amide bonds. The third kappa shape index (κ3) is 3.05. The molecule has 2 aromatic rings. The van der Waals surface area contributed by atoms with Crippen molar-refractivity contribution in [1.29, 1.82) is 0 Å². The van der Waals surface area contributed by atoms with E-state index in [1.807, 2.05) is 0 Å². The Morgan fingerprint density at radius 3 is 2.62 bits per heavy atom. The van der Waals surface area contributed by atoms with E-state index in [0.717, 1.165) is 18.2 Å². The number of ketones is 1. The minimum atomic E-state index is -2.57. The average molecular weight is 509 g/mol. The van der Waals surface area contributed by atoms with E-state index in [1.54, 1.807) is 48.9 Å². The number of hydrogen-bond donors (Lipinski definition) is 1. The molecule has 0 radical (unpaired) electrons. The minimum Gasteiger partial charge on any atom is -0.472 e. The van der Waals surface area contributed by atoms with Gasteiger partial charge in [-0.15, -0.1) is 0 Å². The SMILES string of the molecule is C=C1CC[C@]23[C@@H](OC(=O)c4ccccc4)O[C@H]4O[C@H](c5ccoc5)C[C@]14[C@H]2CCC(=O)[C@@]3(O)C(=O)OC. The number of hydrogen-bond acceptors (Lipinski definition) is 9. The Hall–Kier alpha value is -3.27. The molecular formula is C28H28O9. The van der Waals surface area contributed by atoms with Crippen molar-refractivity contribution in [3.8, 4) is 0 Å². The maximum absolute atomic E-state index is 13.4. The van der Waals surface area contributed by atoms with Crippen molar-refractivity contribution in [2.75, 3.05) is 7.11 Å². The predicted molar refractivity (Wildman–Crippen MR) is 126 cm³/mol. The lowest BCUT2D eigenvalue weighted by Crippen LogP contribution is -2.77. The van der Waals surface area contributed by atoms with Gasteiger partial charge in [-0.1, -0.05) is 30.4 Å². The number of ether oxygens (including phenoxy) is 4. The van der Waals surface area contributed by atoms with Gasteiger partial charge in [-0.2, -0.15) is 0 Å². The van der Waals surface area contributed by atoms with Crippen molar-refractivity contribution in [2.45, 2.75) is 56.4 Å². The summed E-state index contributed by atoms with van der Waals surface area (Å²) in [7, 11) is 1.12. The van der Waals surface area contributed by atoms with Gasteiger partial charge >= 0.3 is 11.9 Å². The summed E-state index contributed by atoms with van der Waals surface area (Å²) in [5.41, 5.74) is -3.05. The fourth-order valence-electron chi connectivity index (χ4n) is 7.29. The number of rotatable bonds is 4. The number of esters is 2. The van der Waals surface area contributed by atoms with Crippen LogP contribution < -0.4 is 0 Å². The summed E-state index contributed by atoms with van der Waals surface area (Å²) in [6.45, 7) is 4.36. The molecule has 6 rings (SSSR count). The number of carbonyl (C=O) groups excluding carboxylic acids is 3. The van der Waals surface area contributed by atoms with Crippen LogP contribution >= 0.6 is 0 Å². The lowest BCUT2D eigenvalue weighted by Gasteiger charge is -2.66. The van der Waals surface area contributed by atoms with Gasteiger partial charge in [0.15, 0.2) is 12.1 Å². The Morgan fingerprint density at radius 1 is 1.14 bits per heavy atom. The highest BCUT2D eigenvalue weighted by atomic mass is 16.8. The third-order valence-corrected chi connectivity index (χ3v) is 9.00. The van der Waals surface area contributed by atoms with Gasteiger partial charge in [-0.05, 0) is 49.8 Å². The number of aliphatic hydroxyl groups is 1. The molecule has 1 aromatic carbocycles. The summed E-state index contributed by atoms with van der Waals surface area (Å²) in [6.07, 6.45) is 1.69. The average Bonchev–Trinajstić information content (AvgIpc) is 3.57. The summed E-state index contributed by atoms with van der Waals surface area (Å²) in [5.74, 6) is -2.97. The number of furan rings is 1. The topological polar surface area (TPSA) is 122 Å². The number of Topliss-reactive ketones (excluding diaryl/α,β-unsaturated/α-hetero) is 1. The second-order valence-corrected chi connectivity index (χ2v) is 10.4. The molecule has 1 N–H and O–H groups in total. The minimum absolute atomic E-state index is 0.0461. The van der Waals surface area contributed by atoms with E-state index in [1.165, 1.54) is 0 Å². The van der Waals surface area contributed by atoms with Gasteiger partial charge in [0.05, 0.1) is 36.7 Å². The Morgan fingerprint density at radius 2 is 1.92 bits per heavy atom. The Balaban J connectivity index is 1.51. The highest BCUT2D eigenvalue weighted by Gasteiger charge is 2.80. The Bertz CT molecular complexity index is 1240. The smallest absolute Gasteiger partial charge is 0.346 e. The van der Waals surface area contributed by atoms with Crippen molar-refractivity contribution in [1.82, 2.24) is 0 Å². The summed E-state index contributed by atoms with van der Waals surface area (Å²) in [5, 5.41) is 12.0. The normalized spacial score (nSPS) is 38.4. The lowest BCUT2D eigenvalue weighted by molar-refractivity contribution is -0.372. The molecule has 2 saturated carbocycles. The molecule has 7 atom stereocenters. The molecule has 2 bridgehead atoms. The van der Waals surface area contributed by atoms with Crippen molar-refractivity contribution in [3.05, 3.63) is 72.2 Å². The fourth-order valence-corrected chi connectivity index (χ4v) is 7.29. The first-order valence-electron chi connectivity index (χ1n) is 12.4. The van der Waals surface area contributed by atoms with Crippen molar-refractivity contribution < 1.29 is 42.9 Å². The number of methoxy groups -OCH3 is 1. The van der Waals surface area contributed by atoms with Gasteiger partial charge in [0.25, 0.3) is 0 Å². The van der Waals surface area contributed by atoms with Gasteiger partial charge in [-0.25, -0.2) is 9.59 Å². The van der Waals surface area contributed by atoms with Crippen LogP contribution in [0, 0.1) is 16.7 Å². The van der Waals surface area contributed by atoms with Crippen LogP contribution in [0.15, 0.2) is 65.5 Å². The second-order valence-electron chi connectivity index (χ2n) is 10.4. The van der Waals surface area contributed by atoms with Crippen molar-refractivity contribution in [2.24, 2.45) is 16.7 Å². The van der Waals surface area contributed by atoms with Gasteiger partial charge in [0.1, 0.15) is 0 Å². The van der Waals surface area contributed by atoms with Crippen LogP contribution in [0.1, 0.15) is 54.1 Å². The first-order valence-corrected chi connectivity index (χ1v) is 12.4. The van der Waals surface area contributed by atoms with Gasteiger partial charge in [0, 0.05) is 17.4 Å². The van der Waals surface area contributed by atoms with Crippen LogP contribution in [0.4, 0.5) is 0 Å². The highest BCUT2D eigenvalue weighted by molar-refractivity contribution is 6.09. The lowest BCUT2D eigenvalue weighted by atomic mass is 9.42. The van der Waals surface area contributed by atoms with Gasteiger partial charge < -0.3 is 28.5 Å². The van der Waals surface area contributed by atoms with E-state index >= 15 is 0 Å². The third-order valence-electron chi connectivity index (χ3n) is 9.00. The molecule has 2 aliphatic heterocycles. The van der Waals surface area contributed by atoms with Crippen LogP contribution in [0.2, 0.25) is 0 Å². The second kappa shape index (κ2) is 8.37. The molecule has 4 fully saturated rings. The zero-order chi connectivity index (χ0) is 26.0. The van der Waals surface area contributed by atoms with Gasteiger partial charge in [-0.3, -0.25) is 4.79 Å². The van der Waals surface area contributed by atoms with E-state index in [-0.39, 0.29) is 18.4 Å². The molecular weight excluding hydrogens is 480 g/mol. The van der Waals surface area contributed by atoms with E-state index < -0.39 is 58.8 Å². The molecule has 194 valence electrons. The first kappa shape index (κ1) is 24.1. The Kier molecular flexibility index (Phi) is 5.45. The summed E-state index contributed by atoms with van der Waals surface area (Å²) >= 11 is 0. The maximum atomic E-state index is 13.4. The molecule has 0 unspecified atom stereocenters. The van der Waals surface area contributed by atoms with E-state index in [0.29, 0.717) is 19.3 Å². The fraction of sp³-hybridized carbons (Fsp3) is 0.464. The highest BCUT2D eigenvalue weighted by Crippen LogP contribution is 2.72. The van der Waals surface area contributed by atoms with Crippen LogP contribution in [0.25, 0.3) is 0 Å². The van der Waals surface area contributed by atoms with Gasteiger partial charge in [0.2, 0.25) is 11.9 Å². The predicted octanol–water partition coefficient (Wildman–Crippen LogP) is 3.49. The van der Waals surface area contributed by atoms with E-state index in [9.17, 15) is 19.5 Å². The molecule has 9 heteroatoms. The molecule has 1 spiro atoms. The van der Waals surface area contributed by atoms with Crippen LogP contribution in [-0.2, 0) is 28.5 Å². The molecule has 2 aliphatic carbocycles. The van der Waals surface area contributed by atoms with Crippen LogP contribution in [0.5, 0.6) is 0 Å². The largest absolute Gasteiger partial charge is 0.472 e.